The van der Waals surface area contributed by atoms with Gasteiger partial charge in [0.25, 0.3) is 5.56 Å². The van der Waals surface area contributed by atoms with Crippen molar-refractivity contribution in [2.24, 2.45) is 0 Å². The molecule has 1 aliphatic heterocycles. The fourth-order valence-corrected chi connectivity index (χ4v) is 3.62. The summed E-state index contributed by atoms with van der Waals surface area (Å²) in [5.74, 6) is 1.78. The van der Waals surface area contributed by atoms with Crippen LogP contribution in [0.15, 0.2) is 53.3 Å². The largest absolute Gasteiger partial charge is 0.497 e. The maximum Gasteiger partial charge on any atom is 0.288 e. The lowest BCUT2D eigenvalue weighted by Gasteiger charge is -2.28. The molecule has 4 aromatic rings. The van der Waals surface area contributed by atoms with Crippen LogP contribution in [0.3, 0.4) is 0 Å². The molecule has 2 aromatic heterocycles. The Kier molecular flexibility index (Phi) is 4.16. The number of H-pyrrole nitrogens is 1. The number of ether oxygens (including phenoxy) is 2. The summed E-state index contributed by atoms with van der Waals surface area (Å²) >= 11 is 0. The van der Waals surface area contributed by atoms with Gasteiger partial charge in [-0.1, -0.05) is 29.4 Å². The summed E-state index contributed by atoms with van der Waals surface area (Å²) < 4.78 is 12.3. The monoisotopic (exact) mass is 403 g/mol. The van der Waals surface area contributed by atoms with Gasteiger partial charge >= 0.3 is 0 Å². The molecule has 30 heavy (non-hydrogen) atoms. The summed E-state index contributed by atoms with van der Waals surface area (Å²) in [7, 11) is 3.21. The molecule has 2 N–H and O–H groups in total. The van der Waals surface area contributed by atoms with E-state index in [9.17, 15) is 4.79 Å². The van der Waals surface area contributed by atoms with Crippen molar-refractivity contribution in [1.29, 1.82) is 0 Å². The summed E-state index contributed by atoms with van der Waals surface area (Å²) in [5, 5.41) is 21.9. The van der Waals surface area contributed by atoms with Gasteiger partial charge in [0, 0.05) is 11.1 Å². The third-order valence-electron chi connectivity index (χ3n) is 5.04. The van der Waals surface area contributed by atoms with Gasteiger partial charge in [-0.2, -0.15) is 9.78 Å². The van der Waals surface area contributed by atoms with Crippen LogP contribution in [0, 0.1) is 0 Å². The molecular formula is C20H17N7O3. The van der Waals surface area contributed by atoms with Gasteiger partial charge in [-0.05, 0) is 40.3 Å². The second-order valence-electron chi connectivity index (χ2n) is 6.67. The highest BCUT2D eigenvalue weighted by molar-refractivity contribution is 5.76. The number of hydrogen-bond donors (Lipinski definition) is 2. The fraction of sp³-hybridized carbons (Fsp3) is 0.150. The van der Waals surface area contributed by atoms with E-state index in [0.717, 1.165) is 16.9 Å². The first-order valence-corrected chi connectivity index (χ1v) is 9.15. The van der Waals surface area contributed by atoms with E-state index in [0.29, 0.717) is 28.6 Å². The predicted octanol–water partition coefficient (Wildman–Crippen LogP) is 2.14. The Morgan fingerprint density at radius 1 is 1.03 bits per heavy atom. The first-order valence-electron chi connectivity index (χ1n) is 9.15. The summed E-state index contributed by atoms with van der Waals surface area (Å²) in [5.41, 5.74) is 2.92. The SMILES string of the molecule is COc1ccc(C2c3c(-c4cccc(OC)c4)n[nH]c(=O)c3Nc3nnnn32)cc1. The van der Waals surface area contributed by atoms with Gasteiger partial charge in [0.05, 0.1) is 19.9 Å². The number of methoxy groups -OCH3 is 2. The van der Waals surface area contributed by atoms with Gasteiger partial charge in [0.2, 0.25) is 5.95 Å². The van der Waals surface area contributed by atoms with Gasteiger partial charge in [-0.25, -0.2) is 5.10 Å². The van der Waals surface area contributed by atoms with Gasteiger partial charge < -0.3 is 14.8 Å². The molecular weight excluding hydrogens is 386 g/mol. The average molecular weight is 403 g/mol. The molecule has 0 amide bonds. The zero-order chi connectivity index (χ0) is 20.7. The van der Waals surface area contributed by atoms with E-state index in [1.807, 2.05) is 48.5 Å². The Balaban J connectivity index is 1.78. The summed E-state index contributed by atoms with van der Waals surface area (Å²) in [6.07, 6.45) is 0. The van der Waals surface area contributed by atoms with Crippen LogP contribution in [-0.4, -0.2) is 44.6 Å². The Hall–Kier alpha value is -4.21. The number of rotatable bonds is 4. The zero-order valence-corrected chi connectivity index (χ0v) is 16.2. The minimum atomic E-state index is -0.465. The molecule has 2 aromatic carbocycles. The van der Waals surface area contributed by atoms with Crippen molar-refractivity contribution in [2.45, 2.75) is 6.04 Å². The molecule has 0 saturated heterocycles. The van der Waals surface area contributed by atoms with Crippen LogP contribution in [0.1, 0.15) is 17.2 Å². The summed E-state index contributed by atoms with van der Waals surface area (Å²) in [6, 6.07) is 14.6. The van der Waals surface area contributed by atoms with Crippen LogP contribution in [0.4, 0.5) is 11.6 Å². The summed E-state index contributed by atoms with van der Waals surface area (Å²) in [6.45, 7) is 0. The molecule has 150 valence electrons. The molecule has 10 heteroatoms. The Labute approximate surface area is 170 Å². The summed E-state index contributed by atoms with van der Waals surface area (Å²) in [4.78, 5) is 12.7. The molecule has 0 bridgehead atoms. The van der Waals surface area contributed by atoms with E-state index >= 15 is 0 Å². The smallest absolute Gasteiger partial charge is 0.288 e. The van der Waals surface area contributed by atoms with E-state index in [4.69, 9.17) is 9.47 Å². The van der Waals surface area contributed by atoms with Gasteiger partial charge in [0.1, 0.15) is 23.2 Å². The van der Waals surface area contributed by atoms with Crippen molar-refractivity contribution in [3.8, 4) is 22.8 Å². The van der Waals surface area contributed by atoms with Crippen molar-refractivity contribution in [3.05, 3.63) is 70.0 Å². The minimum absolute atomic E-state index is 0.353. The fourth-order valence-electron chi connectivity index (χ4n) is 3.62. The topological polar surface area (TPSA) is 120 Å². The molecule has 1 aliphatic rings. The lowest BCUT2D eigenvalue weighted by atomic mass is 9.92. The lowest BCUT2D eigenvalue weighted by molar-refractivity contribution is 0.414. The van der Waals surface area contributed by atoms with Gasteiger partial charge in [0.15, 0.2) is 0 Å². The number of benzene rings is 2. The molecule has 0 radical (unpaired) electrons. The van der Waals surface area contributed by atoms with E-state index in [-0.39, 0.29) is 5.56 Å². The van der Waals surface area contributed by atoms with Crippen molar-refractivity contribution in [1.82, 2.24) is 30.4 Å². The van der Waals surface area contributed by atoms with Crippen molar-refractivity contribution >= 4 is 11.6 Å². The second kappa shape index (κ2) is 6.99. The molecule has 1 atom stereocenters. The highest BCUT2D eigenvalue weighted by Crippen LogP contribution is 2.41. The van der Waals surface area contributed by atoms with Crippen LogP contribution in [-0.2, 0) is 0 Å². The lowest BCUT2D eigenvalue weighted by Crippen LogP contribution is -2.29. The molecule has 1 unspecified atom stereocenters. The third-order valence-corrected chi connectivity index (χ3v) is 5.04. The van der Waals surface area contributed by atoms with Crippen molar-refractivity contribution in [2.75, 3.05) is 19.5 Å². The number of fused-ring (bicyclic) bond motifs is 2. The maximum absolute atomic E-state index is 12.7. The van der Waals surface area contributed by atoms with Crippen LogP contribution in [0.2, 0.25) is 0 Å². The molecule has 0 fully saturated rings. The van der Waals surface area contributed by atoms with Gasteiger partial charge in [-0.15, -0.1) is 0 Å². The predicted molar refractivity (Wildman–Crippen MR) is 108 cm³/mol. The van der Waals surface area contributed by atoms with Crippen LogP contribution >= 0.6 is 0 Å². The molecule has 0 saturated carbocycles. The number of nitrogens with one attached hydrogen (secondary N) is 2. The molecule has 5 rings (SSSR count). The molecule has 3 heterocycles. The zero-order valence-electron chi connectivity index (χ0n) is 16.2. The quantitative estimate of drug-likeness (QED) is 0.468. The van der Waals surface area contributed by atoms with E-state index in [2.05, 4.69) is 31.0 Å². The maximum atomic E-state index is 12.7. The van der Waals surface area contributed by atoms with Gasteiger partial charge in [-0.3, -0.25) is 4.79 Å². The van der Waals surface area contributed by atoms with Crippen LogP contribution < -0.4 is 20.3 Å². The first-order chi connectivity index (χ1) is 14.7. The standard InChI is InChI=1S/C20H17N7O3/c1-29-13-8-6-11(7-9-13)18-15-16(12-4-3-5-14(10-12)30-2)22-23-19(28)17(15)21-20-24-25-26-27(18)20/h3-10,18H,1-2H3,(H,23,28)(H,21,24,26). The average Bonchev–Trinajstić information content (AvgIpc) is 3.27. The number of hydrogen-bond acceptors (Lipinski definition) is 8. The van der Waals surface area contributed by atoms with Crippen molar-refractivity contribution in [3.63, 3.8) is 0 Å². The highest BCUT2D eigenvalue weighted by atomic mass is 16.5. The van der Waals surface area contributed by atoms with E-state index in [1.54, 1.807) is 18.9 Å². The normalized spacial score (nSPS) is 14.4. The minimum Gasteiger partial charge on any atom is -0.497 e. The highest BCUT2D eigenvalue weighted by Gasteiger charge is 2.34. The molecule has 0 aliphatic carbocycles. The third kappa shape index (κ3) is 2.77. The number of nitrogens with zero attached hydrogens (tertiary/aromatic N) is 5. The number of tetrazole rings is 1. The Morgan fingerprint density at radius 2 is 1.83 bits per heavy atom. The van der Waals surface area contributed by atoms with Crippen molar-refractivity contribution < 1.29 is 9.47 Å². The molecule has 0 spiro atoms. The Morgan fingerprint density at radius 3 is 2.60 bits per heavy atom. The number of anilines is 2. The van der Waals surface area contributed by atoms with Crippen LogP contribution in [0.5, 0.6) is 11.5 Å². The first kappa shape index (κ1) is 17.9. The second-order valence-corrected chi connectivity index (χ2v) is 6.67. The van der Waals surface area contributed by atoms with E-state index < -0.39 is 6.04 Å². The number of aromatic amines is 1. The van der Waals surface area contributed by atoms with E-state index in [1.165, 1.54) is 0 Å². The van der Waals surface area contributed by atoms with Crippen LogP contribution in [0.25, 0.3) is 11.3 Å². The number of aromatic nitrogens is 6. The molecule has 10 nitrogen and oxygen atoms in total. The Bertz CT molecular complexity index is 1280.